The van der Waals surface area contributed by atoms with Gasteiger partial charge in [-0.05, 0) is 36.4 Å². The highest BCUT2D eigenvalue weighted by atomic mass is 16.3. The smallest absolute Gasteiger partial charge is 0.255 e. The van der Waals surface area contributed by atoms with Gasteiger partial charge in [-0.25, -0.2) is 0 Å². The van der Waals surface area contributed by atoms with E-state index in [2.05, 4.69) is 5.32 Å². The number of rotatable bonds is 3. The van der Waals surface area contributed by atoms with Crippen LogP contribution in [-0.4, -0.2) is 17.3 Å². The fourth-order valence-corrected chi connectivity index (χ4v) is 1.51. The third kappa shape index (κ3) is 2.74. The lowest BCUT2D eigenvalue weighted by atomic mass is 10.2. The van der Waals surface area contributed by atoms with E-state index in [1.54, 1.807) is 24.3 Å². The first-order valence-corrected chi connectivity index (χ1v) is 5.34. The van der Waals surface area contributed by atoms with Gasteiger partial charge >= 0.3 is 0 Å². The number of benzene rings is 2. The fourth-order valence-electron chi connectivity index (χ4n) is 1.51. The Morgan fingerprint density at radius 3 is 2.50 bits per heavy atom. The average molecular weight is 241 g/mol. The maximum Gasteiger partial charge on any atom is 0.255 e. The number of amides is 1. The second-order valence-electron chi connectivity index (χ2n) is 3.74. The zero-order valence-electron chi connectivity index (χ0n) is 9.46. The van der Waals surface area contributed by atoms with Crippen molar-refractivity contribution in [2.75, 3.05) is 5.32 Å². The zero-order chi connectivity index (χ0) is 13.0. The molecule has 0 aliphatic carbocycles. The summed E-state index contributed by atoms with van der Waals surface area (Å²) < 4.78 is 0. The van der Waals surface area contributed by atoms with Gasteiger partial charge in [0, 0.05) is 16.8 Å². The Kier molecular flexibility index (Phi) is 3.38. The molecule has 4 nitrogen and oxygen atoms in total. The molecule has 0 aliphatic heterocycles. The van der Waals surface area contributed by atoms with Gasteiger partial charge in [0.25, 0.3) is 5.91 Å². The largest absolute Gasteiger partial charge is 0.508 e. The van der Waals surface area contributed by atoms with Crippen molar-refractivity contribution in [3.63, 3.8) is 0 Å². The number of phenolic OH excluding ortho intramolecular Hbond substituents is 1. The van der Waals surface area contributed by atoms with Gasteiger partial charge in [0.15, 0.2) is 0 Å². The van der Waals surface area contributed by atoms with E-state index in [0.717, 1.165) is 6.29 Å². The molecule has 0 bridgehead atoms. The third-order valence-corrected chi connectivity index (χ3v) is 2.41. The molecule has 0 fully saturated rings. The molecule has 2 N–H and O–H groups in total. The summed E-state index contributed by atoms with van der Waals surface area (Å²) in [6.45, 7) is 0. The Balaban J connectivity index is 2.15. The maximum atomic E-state index is 11.8. The number of hydrogen-bond donors (Lipinski definition) is 2. The van der Waals surface area contributed by atoms with Gasteiger partial charge in [-0.2, -0.15) is 0 Å². The molecule has 0 aromatic heterocycles. The van der Waals surface area contributed by atoms with Crippen LogP contribution in [0.15, 0.2) is 48.5 Å². The van der Waals surface area contributed by atoms with Crippen molar-refractivity contribution in [2.24, 2.45) is 0 Å². The normalized spacial score (nSPS) is 9.78. The summed E-state index contributed by atoms with van der Waals surface area (Å²) in [6.07, 6.45) is 0.718. The molecule has 0 aliphatic rings. The standard InChI is InChI=1S/C14H11NO3/c16-9-10-2-1-3-12(8-10)15-14(18)11-4-6-13(17)7-5-11/h1-9,17H,(H,15,18). The first kappa shape index (κ1) is 11.9. The molecule has 0 saturated carbocycles. The van der Waals surface area contributed by atoms with Gasteiger partial charge in [0.1, 0.15) is 12.0 Å². The second-order valence-corrected chi connectivity index (χ2v) is 3.74. The maximum absolute atomic E-state index is 11.8. The predicted molar refractivity (Wildman–Crippen MR) is 67.9 cm³/mol. The molecule has 18 heavy (non-hydrogen) atoms. The Morgan fingerprint density at radius 2 is 1.83 bits per heavy atom. The minimum absolute atomic E-state index is 0.106. The van der Waals surface area contributed by atoms with Crippen LogP contribution in [-0.2, 0) is 0 Å². The molecule has 0 spiro atoms. The van der Waals surface area contributed by atoms with Gasteiger partial charge in [-0.3, -0.25) is 9.59 Å². The molecular formula is C14H11NO3. The number of aldehydes is 1. The Hall–Kier alpha value is -2.62. The van der Waals surface area contributed by atoms with E-state index in [1.807, 2.05) is 0 Å². The van der Waals surface area contributed by atoms with E-state index in [4.69, 9.17) is 5.11 Å². The summed E-state index contributed by atoms with van der Waals surface area (Å²) in [5.74, 6) is -0.187. The lowest BCUT2D eigenvalue weighted by molar-refractivity contribution is 0.102. The van der Waals surface area contributed by atoms with Crippen LogP contribution < -0.4 is 5.32 Å². The van der Waals surface area contributed by atoms with Crippen LogP contribution in [0.4, 0.5) is 5.69 Å². The van der Waals surface area contributed by atoms with E-state index < -0.39 is 0 Å². The molecule has 4 heteroatoms. The molecular weight excluding hydrogens is 230 g/mol. The Labute approximate surface area is 104 Å². The van der Waals surface area contributed by atoms with E-state index in [9.17, 15) is 9.59 Å². The van der Waals surface area contributed by atoms with Crippen molar-refractivity contribution in [1.82, 2.24) is 0 Å². The molecule has 0 saturated heterocycles. The lowest BCUT2D eigenvalue weighted by Gasteiger charge is -2.05. The minimum Gasteiger partial charge on any atom is -0.508 e. The average Bonchev–Trinajstić information content (AvgIpc) is 2.39. The van der Waals surface area contributed by atoms with Crippen LogP contribution in [0.1, 0.15) is 20.7 Å². The highest BCUT2D eigenvalue weighted by molar-refractivity contribution is 6.04. The van der Waals surface area contributed by atoms with E-state index in [0.29, 0.717) is 16.8 Å². The van der Waals surface area contributed by atoms with Gasteiger partial charge in [0.05, 0.1) is 0 Å². The summed E-state index contributed by atoms with van der Waals surface area (Å²) in [4.78, 5) is 22.5. The monoisotopic (exact) mass is 241 g/mol. The van der Waals surface area contributed by atoms with Crippen LogP contribution in [0.2, 0.25) is 0 Å². The SMILES string of the molecule is O=Cc1cccc(NC(=O)c2ccc(O)cc2)c1. The molecule has 0 radical (unpaired) electrons. The van der Waals surface area contributed by atoms with Gasteiger partial charge in [-0.1, -0.05) is 12.1 Å². The molecule has 90 valence electrons. The van der Waals surface area contributed by atoms with Gasteiger partial charge in [-0.15, -0.1) is 0 Å². The number of carbonyl (C=O) groups is 2. The number of anilines is 1. The first-order valence-electron chi connectivity index (χ1n) is 5.34. The van der Waals surface area contributed by atoms with E-state index in [-0.39, 0.29) is 11.7 Å². The third-order valence-electron chi connectivity index (χ3n) is 2.41. The van der Waals surface area contributed by atoms with Gasteiger partial charge < -0.3 is 10.4 Å². The Bertz CT molecular complexity index is 576. The Morgan fingerprint density at radius 1 is 1.11 bits per heavy atom. The van der Waals surface area contributed by atoms with Crippen molar-refractivity contribution in [3.05, 3.63) is 59.7 Å². The summed E-state index contributed by atoms with van der Waals surface area (Å²) >= 11 is 0. The van der Waals surface area contributed by atoms with Crippen LogP contribution in [0.3, 0.4) is 0 Å². The molecule has 0 heterocycles. The first-order chi connectivity index (χ1) is 8.69. The minimum atomic E-state index is -0.293. The van der Waals surface area contributed by atoms with Crippen molar-refractivity contribution < 1.29 is 14.7 Å². The highest BCUT2D eigenvalue weighted by Crippen LogP contribution is 2.13. The van der Waals surface area contributed by atoms with Crippen molar-refractivity contribution >= 4 is 17.9 Å². The molecule has 0 atom stereocenters. The van der Waals surface area contributed by atoms with Crippen LogP contribution >= 0.6 is 0 Å². The van der Waals surface area contributed by atoms with Crippen molar-refractivity contribution in [1.29, 1.82) is 0 Å². The molecule has 2 aromatic carbocycles. The van der Waals surface area contributed by atoms with Crippen molar-refractivity contribution in [3.8, 4) is 5.75 Å². The molecule has 2 aromatic rings. The van der Waals surface area contributed by atoms with E-state index in [1.165, 1.54) is 24.3 Å². The summed E-state index contributed by atoms with van der Waals surface area (Å²) in [6, 6.07) is 12.6. The van der Waals surface area contributed by atoms with Crippen molar-refractivity contribution in [2.45, 2.75) is 0 Å². The number of nitrogens with one attached hydrogen (secondary N) is 1. The zero-order valence-corrected chi connectivity index (χ0v) is 9.46. The second kappa shape index (κ2) is 5.14. The van der Waals surface area contributed by atoms with E-state index >= 15 is 0 Å². The van der Waals surface area contributed by atoms with Crippen LogP contribution in [0, 0.1) is 0 Å². The summed E-state index contributed by atoms with van der Waals surface area (Å²) in [5, 5.41) is 11.8. The lowest BCUT2D eigenvalue weighted by Crippen LogP contribution is -2.11. The van der Waals surface area contributed by atoms with Crippen LogP contribution in [0.5, 0.6) is 5.75 Å². The summed E-state index contributed by atoms with van der Waals surface area (Å²) in [7, 11) is 0. The molecule has 1 amide bonds. The topological polar surface area (TPSA) is 66.4 Å². The van der Waals surface area contributed by atoms with Crippen LogP contribution in [0.25, 0.3) is 0 Å². The number of aromatic hydroxyl groups is 1. The number of carbonyl (C=O) groups excluding carboxylic acids is 2. The predicted octanol–water partition coefficient (Wildman–Crippen LogP) is 2.46. The highest BCUT2D eigenvalue weighted by Gasteiger charge is 2.06. The molecule has 2 rings (SSSR count). The quantitative estimate of drug-likeness (QED) is 0.811. The fraction of sp³-hybridized carbons (Fsp3) is 0. The van der Waals surface area contributed by atoms with Gasteiger partial charge in [0.2, 0.25) is 0 Å². The molecule has 0 unspecified atom stereocenters. The number of phenols is 1. The number of hydrogen-bond acceptors (Lipinski definition) is 3. The summed E-state index contributed by atoms with van der Waals surface area (Å²) in [5.41, 5.74) is 1.49.